The number of esters is 2. The van der Waals surface area contributed by atoms with Gasteiger partial charge >= 0.3 is 11.9 Å². The fraction of sp³-hybridized carbons (Fsp3) is 0.167. The number of anilines is 2. The van der Waals surface area contributed by atoms with Crippen molar-refractivity contribution < 1.29 is 34.1 Å². The highest BCUT2D eigenvalue weighted by molar-refractivity contribution is 6.29. The van der Waals surface area contributed by atoms with Crippen molar-refractivity contribution in [3.8, 4) is 11.5 Å². The summed E-state index contributed by atoms with van der Waals surface area (Å²) < 4.78 is 8.88. The first-order valence-corrected chi connectivity index (χ1v) is 8.22. The zero-order chi connectivity index (χ0) is 21.3. The van der Waals surface area contributed by atoms with Crippen molar-refractivity contribution in [1.29, 1.82) is 0 Å². The summed E-state index contributed by atoms with van der Waals surface area (Å²) in [4.78, 5) is 33.2. The number of methoxy groups -OCH3 is 2. The van der Waals surface area contributed by atoms with Crippen molar-refractivity contribution in [1.82, 2.24) is 0 Å². The maximum Gasteiger partial charge on any atom is 0.341 e. The number of amides is 1. The molecule has 0 spiro atoms. The molecule has 0 radical (unpaired) electrons. The number of carbonyl (C=O) groups excluding carboxylic acids is 3. The number of phenols is 2. The number of carbonyl (C=O) groups is 3. The molecule has 28 heavy (non-hydrogen) atoms. The number of alkyl halides is 1. The molecule has 0 aliphatic carbocycles. The van der Waals surface area contributed by atoms with Crippen LogP contribution in [0.4, 0.5) is 11.4 Å². The van der Waals surface area contributed by atoms with Crippen LogP contribution in [0.15, 0.2) is 36.4 Å². The van der Waals surface area contributed by atoms with Gasteiger partial charge in [-0.3, -0.25) is 4.79 Å². The van der Waals surface area contributed by atoms with Gasteiger partial charge in [0.1, 0.15) is 17.0 Å². The molecule has 1 amide bonds. The molecule has 0 heterocycles. The minimum atomic E-state index is -0.681. The molecule has 0 unspecified atom stereocenters. The molecule has 0 bridgehead atoms. The van der Waals surface area contributed by atoms with Gasteiger partial charge in [-0.25, -0.2) is 9.59 Å². The van der Waals surface area contributed by atoms with Gasteiger partial charge in [0.25, 0.3) is 0 Å². The minimum Gasteiger partial charge on any atom is -0.505 e. The number of ether oxygens (including phenoxy) is 2. The van der Waals surface area contributed by atoms with E-state index in [1.807, 2.05) is 0 Å². The lowest BCUT2D eigenvalue weighted by molar-refractivity contribution is -0.113. The summed E-state index contributed by atoms with van der Waals surface area (Å²) in [6.45, 7) is 0. The van der Waals surface area contributed by atoms with Crippen LogP contribution in [0, 0.1) is 0 Å². The number of nitrogen functional groups attached to an aromatic ring is 1. The summed E-state index contributed by atoms with van der Waals surface area (Å²) in [7, 11) is 2.44. The van der Waals surface area contributed by atoms with Crippen LogP contribution in [-0.4, -0.2) is 48.2 Å². The molecule has 2 aromatic rings. The number of halogens is 1. The highest BCUT2D eigenvalue weighted by atomic mass is 35.5. The molecule has 0 saturated heterocycles. The van der Waals surface area contributed by atoms with Gasteiger partial charge in [-0.1, -0.05) is 12.1 Å². The summed E-state index contributed by atoms with van der Waals surface area (Å²) in [5, 5.41) is 21.3. The van der Waals surface area contributed by atoms with Gasteiger partial charge in [-0.15, -0.1) is 11.6 Å². The van der Waals surface area contributed by atoms with E-state index in [0.29, 0.717) is 0 Å². The average molecular weight is 411 g/mol. The second-order valence-corrected chi connectivity index (χ2v) is 5.38. The molecular weight excluding hydrogens is 392 g/mol. The summed E-state index contributed by atoms with van der Waals surface area (Å²) in [6.07, 6.45) is 0. The van der Waals surface area contributed by atoms with E-state index in [-0.39, 0.29) is 39.9 Å². The molecule has 5 N–H and O–H groups in total. The number of benzene rings is 2. The lowest BCUT2D eigenvalue weighted by atomic mass is 10.1. The normalized spacial score (nSPS) is 9.54. The molecule has 2 aromatic carbocycles. The average Bonchev–Trinajstić information content (AvgIpc) is 2.70. The van der Waals surface area contributed by atoms with Crippen molar-refractivity contribution in [2.45, 2.75) is 0 Å². The Morgan fingerprint density at radius 3 is 1.96 bits per heavy atom. The zero-order valence-corrected chi connectivity index (χ0v) is 15.8. The van der Waals surface area contributed by atoms with E-state index >= 15 is 0 Å². The second-order valence-electron chi connectivity index (χ2n) is 5.11. The maximum absolute atomic E-state index is 11.2. The highest BCUT2D eigenvalue weighted by Gasteiger charge is 2.15. The Bertz CT molecular complexity index is 871. The zero-order valence-electron chi connectivity index (χ0n) is 15.1. The number of hydrogen-bond acceptors (Lipinski definition) is 8. The molecule has 0 aliphatic heterocycles. The first kappa shape index (κ1) is 22.6. The van der Waals surface area contributed by atoms with E-state index in [1.54, 1.807) is 6.07 Å². The van der Waals surface area contributed by atoms with Crippen molar-refractivity contribution in [3.63, 3.8) is 0 Å². The van der Waals surface area contributed by atoms with E-state index in [2.05, 4.69) is 14.8 Å². The van der Waals surface area contributed by atoms with Gasteiger partial charge in [0.05, 0.1) is 25.6 Å². The lowest BCUT2D eigenvalue weighted by Gasteiger charge is -2.08. The Morgan fingerprint density at radius 1 is 0.964 bits per heavy atom. The topological polar surface area (TPSA) is 148 Å². The van der Waals surface area contributed by atoms with Crippen molar-refractivity contribution in [2.75, 3.05) is 31.2 Å². The molecule has 0 atom stereocenters. The summed E-state index contributed by atoms with van der Waals surface area (Å²) in [6, 6.07) is 8.86. The lowest BCUT2D eigenvalue weighted by Crippen LogP contribution is -2.13. The molecular formula is C18H19ClN2O7. The Kier molecular flexibility index (Phi) is 8.57. The number of phenolic OH excluding ortho intramolecular Hbond substituents is 2. The van der Waals surface area contributed by atoms with Crippen LogP contribution >= 0.6 is 11.6 Å². The summed E-state index contributed by atoms with van der Waals surface area (Å²) in [5.74, 6) is -2.56. The standard InChI is InChI=1S/C10H10ClNO4.C8H9NO3/c1-16-10(15)6-3-2-4-7(9(6)14)12-8(13)5-11;1-12-8(11)5-3-2-4-6(9)7(5)10/h2-4,14H,5H2,1H3,(H,12,13);2-4,10H,9H2,1H3. The van der Waals surface area contributed by atoms with Crippen LogP contribution < -0.4 is 11.1 Å². The van der Waals surface area contributed by atoms with Crippen LogP contribution in [0.25, 0.3) is 0 Å². The predicted octanol–water partition coefficient (Wildman–Crippen LogP) is 2.12. The molecule has 9 nitrogen and oxygen atoms in total. The molecule has 0 aliphatic rings. The Morgan fingerprint density at radius 2 is 1.46 bits per heavy atom. The second kappa shape index (κ2) is 10.6. The van der Waals surface area contributed by atoms with Crippen LogP contribution in [-0.2, 0) is 14.3 Å². The third-order valence-electron chi connectivity index (χ3n) is 3.31. The van der Waals surface area contributed by atoms with Crippen LogP contribution in [0.2, 0.25) is 0 Å². The van der Waals surface area contributed by atoms with Gasteiger partial charge in [0.15, 0.2) is 11.5 Å². The van der Waals surface area contributed by atoms with E-state index in [9.17, 15) is 24.6 Å². The summed E-state index contributed by atoms with van der Waals surface area (Å²) in [5.41, 5.74) is 5.70. The molecule has 150 valence electrons. The van der Waals surface area contributed by atoms with Gasteiger partial charge in [-0.2, -0.15) is 0 Å². The molecule has 10 heteroatoms. The SMILES string of the molecule is COC(=O)c1cccc(N)c1O.COC(=O)c1cccc(NC(=O)CCl)c1O. The number of nitrogens with two attached hydrogens (primary N) is 1. The Balaban J connectivity index is 0.000000292. The molecule has 2 rings (SSSR count). The first-order chi connectivity index (χ1) is 13.3. The largest absolute Gasteiger partial charge is 0.505 e. The first-order valence-electron chi connectivity index (χ1n) is 7.68. The smallest absolute Gasteiger partial charge is 0.341 e. The maximum atomic E-state index is 11.2. The highest BCUT2D eigenvalue weighted by Crippen LogP contribution is 2.28. The Hall–Kier alpha value is -3.46. The van der Waals surface area contributed by atoms with E-state index in [1.165, 1.54) is 44.6 Å². The molecule has 0 fully saturated rings. The molecule has 0 saturated carbocycles. The minimum absolute atomic E-state index is 0.0186. The number of para-hydroxylation sites is 2. The number of nitrogens with one attached hydrogen (secondary N) is 1. The van der Waals surface area contributed by atoms with Gasteiger partial charge in [0, 0.05) is 0 Å². The monoisotopic (exact) mass is 410 g/mol. The van der Waals surface area contributed by atoms with E-state index in [4.69, 9.17) is 17.3 Å². The van der Waals surface area contributed by atoms with E-state index in [0.717, 1.165) is 0 Å². The summed E-state index contributed by atoms with van der Waals surface area (Å²) >= 11 is 5.30. The fourth-order valence-corrected chi connectivity index (χ4v) is 2.01. The fourth-order valence-electron chi connectivity index (χ4n) is 1.94. The van der Waals surface area contributed by atoms with Crippen LogP contribution in [0.5, 0.6) is 11.5 Å². The van der Waals surface area contributed by atoms with Gasteiger partial charge in [-0.05, 0) is 24.3 Å². The number of hydrogen-bond donors (Lipinski definition) is 4. The van der Waals surface area contributed by atoms with Gasteiger partial charge in [0.2, 0.25) is 5.91 Å². The van der Waals surface area contributed by atoms with Crippen LogP contribution in [0.1, 0.15) is 20.7 Å². The predicted molar refractivity (Wildman–Crippen MR) is 103 cm³/mol. The van der Waals surface area contributed by atoms with E-state index < -0.39 is 17.8 Å². The number of rotatable bonds is 4. The third-order valence-corrected chi connectivity index (χ3v) is 3.55. The van der Waals surface area contributed by atoms with Crippen molar-refractivity contribution in [2.24, 2.45) is 0 Å². The molecule has 0 aromatic heterocycles. The van der Waals surface area contributed by atoms with Crippen molar-refractivity contribution >= 4 is 40.8 Å². The van der Waals surface area contributed by atoms with Crippen molar-refractivity contribution in [3.05, 3.63) is 47.5 Å². The van der Waals surface area contributed by atoms with Crippen LogP contribution in [0.3, 0.4) is 0 Å². The quantitative estimate of drug-likeness (QED) is 0.259. The third kappa shape index (κ3) is 5.78. The Labute approximate surface area is 165 Å². The number of aromatic hydroxyl groups is 2. The van der Waals surface area contributed by atoms with Gasteiger partial charge < -0.3 is 30.7 Å².